The zero-order valence-corrected chi connectivity index (χ0v) is 12.1. The van der Waals surface area contributed by atoms with Crippen molar-refractivity contribution in [3.05, 3.63) is 24.3 Å². The lowest BCUT2D eigenvalue weighted by Gasteiger charge is -2.31. The number of alkyl halides is 2. The van der Waals surface area contributed by atoms with Gasteiger partial charge in [0.05, 0.1) is 22.2 Å². The number of rotatable bonds is 4. The predicted molar refractivity (Wildman–Crippen MR) is 71.7 cm³/mol. The van der Waals surface area contributed by atoms with Gasteiger partial charge in [0.25, 0.3) is 0 Å². The summed E-state index contributed by atoms with van der Waals surface area (Å²) in [5.41, 5.74) is -0.291. The lowest BCUT2D eigenvalue weighted by Crippen LogP contribution is -2.41. The maximum Gasteiger partial charge on any atom is 0.341 e. The Morgan fingerprint density at radius 3 is 2.60 bits per heavy atom. The van der Waals surface area contributed by atoms with Gasteiger partial charge < -0.3 is 10.1 Å². The van der Waals surface area contributed by atoms with Gasteiger partial charge in [0, 0.05) is 6.61 Å². The molecule has 0 aromatic heterocycles. The third kappa shape index (κ3) is 2.64. The average molecular weight is 305 g/mol. The minimum atomic E-state index is -4.63. The molecule has 112 valence electrons. The van der Waals surface area contributed by atoms with Gasteiger partial charge in [0.15, 0.2) is 0 Å². The largest absolute Gasteiger partial charge is 0.376 e. The molecule has 0 spiro atoms. The Kier molecular flexibility index (Phi) is 4.02. The van der Waals surface area contributed by atoms with Crippen molar-refractivity contribution >= 4 is 15.5 Å². The molecule has 0 bridgehead atoms. The van der Waals surface area contributed by atoms with Gasteiger partial charge >= 0.3 is 5.76 Å². The van der Waals surface area contributed by atoms with Crippen molar-refractivity contribution < 1.29 is 21.9 Å². The zero-order chi connectivity index (χ0) is 15.0. The van der Waals surface area contributed by atoms with E-state index in [9.17, 15) is 17.2 Å². The number of benzene rings is 1. The molecule has 0 amide bonds. The number of hydrogen-bond acceptors (Lipinski definition) is 4. The highest BCUT2D eigenvalue weighted by Crippen LogP contribution is 2.33. The van der Waals surface area contributed by atoms with E-state index < -0.39 is 21.1 Å². The van der Waals surface area contributed by atoms with E-state index in [1.54, 1.807) is 6.07 Å². The van der Waals surface area contributed by atoms with Crippen molar-refractivity contribution in [3.8, 4) is 0 Å². The third-order valence-electron chi connectivity index (χ3n) is 3.73. The summed E-state index contributed by atoms with van der Waals surface area (Å²) in [6.07, 6.45) is 0.543. The summed E-state index contributed by atoms with van der Waals surface area (Å²) in [7, 11) is -4.63. The Balaban J connectivity index is 2.39. The van der Waals surface area contributed by atoms with Crippen molar-refractivity contribution in [1.82, 2.24) is 0 Å². The molecule has 1 aromatic rings. The molecular weight excluding hydrogens is 288 g/mol. The molecule has 0 radical (unpaired) electrons. The second kappa shape index (κ2) is 5.29. The van der Waals surface area contributed by atoms with Crippen LogP contribution in [-0.4, -0.2) is 32.4 Å². The van der Waals surface area contributed by atoms with E-state index in [0.29, 0.717) is 13.0 Å². The molecule has 20 heavy (non-hydrogen) atoms. The zero-order valence-electron chi connectivity index (χ0n) is 11.3. The molecule has 0 aliphatic carbocycles. The van der Waals surface area contributed by atoms with Crippen LogP contribution in [0.3, 0.4) is 0 Å². The summed E-state index contributed by atoms with van der Waals surface area (Å²) in [5, 5.41) is 3.06. The summed E-state index contributed by atoms with van der Waals surface area (Å²) in [4.78, 5) is -0.379. The van der Waals surface area contributed by atoms with Crippen molar-refractivity contribution in [2.24, 2.45) is 0 Å². The second-order valence-electron chi connectivity index (χ2n) is 5.11. The Labute approximate surface area is 117 Å². The molecule has 1 aliphatic rings. The first kappa shape index (κ1) is 15.2. The predicted octanol–water partition coefficient (Wildman–Crippen LogP) is 2.66. The minimum Gasteiger partial charge on any atom is -0.376 e. The summed E-state index contributed by atoms with van der Waals surface area (Å²) in [6.45, 7) is 4.30. The summed E-state index contributed by atoms with van der Waals surface area (Å²) in [6, 6.07) is 5.72. The van der Waals surface area contributed by atoms with Crippen molar-refractivity contribution in [2.45, 2.75) is 42.6 Å². The fourth-order valence-electron chi connectivity index (χ4n) is 2.22. The van der Waals surface area contributed by atoms with E-state index >= 15 is 0 Å². The highest BCUT2D eigenvalue weighted by Gasteiger charge is 2.38. The van der Waals surface area contributed by atoms with Crippen molar-refractivity contribution in [2.75, 3.05) is 11.9 Å². The van der Waals surface area contributed by atoms with Crippen LogP contribution in [0.1, 0.15) is 20.3 Å². The average Bonchev–Trinajstić information content (AvgIpc) is 2.69. The highest BCUT2D eigenvalue weighted by atomic mass is 32.2. The molecule has 1 N–H and O–H groups in total. The Morgan fingerprint density at radius 2 is 2.05 bits per heavy atom. The first-order valence-electron chi connectivity index (χ1n) is 6.28. The van der Waals surface area contributed by atoms with Gasteiger partial charge in [-0.15, -0.1) is 0 Å². The van der Waals surface area contributed by atoms with Gasteiger partial charge in [-0.25, -0.2) is 8.42 Å². The number of hydrogen-bond donors (Lipinski definition) is 1. The van der Waals surface area contributed by atoms with E-state index in [-0.39, 0.29) is 16.7 Å². The minimum absolute atomic E-state index is 0.134. The van der Waals surface area contributed by atoms with Crippen LogP contribution in [0, 0.1) is 0 Å². The van der Waals surface area contributed by atoms with E-state index in [2.05, 4.69) is 5.32 Å². The molecule has 0 saturated carbocycles. The number of sulfone groups is 1. The van der Waals surface area contributed by atoms with Crippen LogP contribution in [0.5, 0.6) is 0 Å². The smallest absolute Gasteiger partial charge is 0.341 e. The van der Waals surface area contributed by atoms with Crippen LogP contribution in [0.25, 0.3) is 0 Å². The van der Waals surface area contributed by atoms with Gasteiger partial charge in [0.2, 0.25) is 9.84 Å². The van der Waals surface area contributed by atoms with Gasteiger partial charge in [0.1, 0.15) is 0 Å². The van der Waals surface area contributed by atoms with Gasteiger partial charge in [-0.2, -0.15) is 8.78 Å². The summed E-state index contributed by atoms with van der Waals surface area (Å²) >= 11 is 0. The topological polar surface area (TPSA) is 55.4 Å². The molecule has 1 saturated heterocycles. The lowest BCUT2D eigenvalue weighted by atomic mass is 9.94. The number of halogens is 2. The number of para-hydroxylation sites is 1. The van der Waals surface area contributed by atoms with Crippen LogP contribution in [0.2, 0.25) is 0 Å². The molecule has 1 aliphatic heterocycles. The monoisotopic (exact) mass is 305 g/mol. The Hall–Kier alpha value is -1.21. The molecule has 1 heterocycles. The number of nitrogens with one attached hydrogen (secondary N) is 1. The van der Waals surface area contributed by atoms with Crippen LogP contribution >= 0.6 is 0 Å². The summed E-state index contributed by atoms with van der Waals surface area (Å²) < 4.78 is 54.3. The highest BCUT2D eigenvalue weighted by molar-refractivity contribution is 7.91. The van der Waals surface area contributed by atoms with E-state index in [4.69, 9.17) is 4.74 Å². The van der Waals surface area contributed by atoms with Crippen LogP contribution in [0.15, 0.2) is 29.2 Å². The lowest BCUT2D eigenvalue weighted by molar-refractivity contribution is 0.105. The van der Waals surface area contributed by atoms with Gasteiger partial charge in [-0.1, -0.05) is 12.1 Å². The van der Waals surface area contributed by atoms with Crippen LogP contribution in [-0.2, 0) is 14.6 Å². The molecule has 2 unspecified atom stereocenters. The van der Waals surface area contributed by atoms with Crippen LogP contribution < -0.4 is 5.32 Å². The van der Waals surface area contributed by atoms with Gasteiger partial charge in [-0.05, 0) is 32.4 Å². The molecule has 4 nitrogen and oxygen atoms in total. The van der Waals surface area contributed by atoms with Crippen molar-refractivity contribution in [1.29, 1.82) is 0 Å². The molecule has 2 rings (SSSR count). The fraction of sp³-hybridized carbons (Fsp3) is 0.538. The third-order valence-corrected chi connectivity index (χ3v) is 5.17. The summed E-state index contributed by atoms with van der Waals surface area (Å²) in [5.74, 6) is -3.43. The molecule has 1 aromatic carbocycles. The van der Waals surface area contributed by atoms with E-state index in [1.165, 1.54) is 18.2 Å². The number of anilines is 1. The quantitative estimate of drug-likeness (QED) is 0.929. The molecule has 2 atom stereocenters. The first-order valence-corrected chi connectivity index (χ1v) is 7.83. The van der Waals surface area contributed by atoms with Gasteiger partial charge in [-0.3, -0.25) is 0 Å². The maximum absolute atomic E-state index is 12.7. The fourth-order valence-corrected chi connectivity index (χ4v) is 3.11. The van der Waals surface area contributed by atoms with E-state index in [1.807, 2.05) is 13.8 Å². The Bertz CT molecular complexity index is 591. The van der Waals surface area contributed by atoms with Crippen molar-refractivity contribution in [3.63, 3.8) is 0 Å². The first-order chi connectivity index (χ1) is 9.27. The van der Waals surface area contributed by atoms with E-state index in [0.717, 1.165) is 0 Å². The standard InChI is InChI=1S/C13H17F2NO3S/c1-9-13(2,7-8-19-9)16-10-5-3-4-6-11(10)20(17,18)12(14)15/h3-6,9,12,16H,7-8H2,1-2H3. The second-order valence-corrected chi connectivity index (χ2v) is 6.99. The normalized spacial score (nSPS) is 26.9. The number of ether oxygens (including phenoxy) is 1. The Morgan fingerprint density at radius 1 is 1.40 bits per heavy atom. The van der Waals surface area contributed by atoms with Crippen LogP contribution in [0.4, 0.5) is 14.5 Å². The maximum atomic E-state index is 12.7. The molecule has 7 heteroatoms. The molecular formula is C13H17F2NO3S. The SMILES string of the molecule is CC1OCCC1(C)Nc1ccccc1S(=O)(=O)C(F)F. The molecule has 1 fully saturated rings.